The van der Waals surface area contributed by atoms with Crippen LogP contribution in [0.1, 0.15) is 12.0 Å². The molecule has 4 N–H and O–H groups in total. The average molecular weight is 452 g/mol. The Balaban J connectivity index is 2.05. The molecule has 0 aliphatic rings. The maximum atomic E-state index is 12.7. The largest absolute Gasteiger partial charge is 0.484 e. The van der Waals surface area contributed by atoms with E-state index in [1.165, 1.54) is 6.07 Å². The fourth-order valence-electron chi connectivity index (χ4n) is 2.62. The predicted octanol–water partition coefficient (Wildman–Crippen LogP) is 1.90. The van der Waals surface area contributed by atoms with Crippen molar-refractivity contribution in [2.75, 3.05) is 23.9 Å². The van der Waals surface area contributed by atoms with Crippen LogP contribution < -0.4 is 20.5 Å². The van der Waals surface area contributed by atoms with Gasteiger partial charge in [-0.1, -0.05) is 24.3 Å². The van der Waals surface area contributed by atoms with Crippen molar-refractivity contribution in [1.82, 2.24) is 5.32 Å². The highest BCUT2D eigenvalue weighted by Gasteiger charge is 2.22. The summed E-state index contributed by atoms with van der Waals surface area (Å²) in [6.45, 7) is 1.38. The van der Waals surface area contributed by atoms with Gasteiger partial charge in [-0.15, -0.1) is 0 Å². The number of para-hydroxylation sites is 1. The number of carbonyl (C=O) groups is 2. The molecule has 2 aromatic carbocycles. The third-order valence-corrected chi connectivity index (χ3v) is 5.83. The molecule has 2 aromatic rings. The van der Waals surface area contributed by atoms with E-state index in [0.29, 0.717) is 23.5 Å². The summed E-state index contributed by atoms with van der Waals surface area (Å²) in [6.07, 6.45) is 2.30. The molecule has 0 radical (unpaired) electrons. The summed E-state index contributed by atoms with van der Waals surface area (Å²) >= 11 is 1.54. The number of amides is 2. The molecule has 2 amide bonds. The van der Waals surface area contributed by atoms with Crippen molar-refractivity contribution < 1.29 is 22.7 Å². The van der Waals surface area contributed by atoms with E-state index < -0.39 is 27.9 Å². The van der Waals surface area contributed by atoms with E-state index in [1.54, 1.807) is 55.1 Å². The number of carbonyl (C=O) groups excluding carboxylic acids is 2. The molecule has 0 bridgehead atoms. The maximum Gasteiger partial charge on any atom is 0.258 e. The second-order valence-corrected chi connectivity index (χ2v) is 9.03. The van der Waals surface area contributed by atoms with Crippen molar-refractivity contribution in [2.24, 2.45) is 5.14 Å². The van der Waals surface area contributed by atoms with Crippen molar-refractivity contribution in [3.05, 3.63) is 54.1 Å². The molecule has 0 aromatic heterocycles. The van der Waals surface area contributed by atoms with Crippen LogP contribution in [0, 0.1) is 6.92 Å². The lowest BCUT2D eigenvalue weighted by atomic mass is 10.2. The summed E-state index contributed by atoms with van der Waals surface area (Å²) in [4.78, 5) is 24.9. The van der Waals surface area contributed by atoms with E-state index >= 15 is 0 Å². The zero-order chi connectivity index (χ0) is 22.1. The Bertz CT molecular complexity index is 981. The summed E-state index contributed by atoms with van der Waals surface area (Å²) < 4.78 is 28.8. The molecule has 0 saturated heterocycles. The number of hydrogen-bond acceptors (Lipinski definition) is 6. The monoisotopic (exact) mass is 451 g/mol. The third-order valence-electron chi connectivity index (χ3n) is 4.14. The summed E-state index contributed by atoms with van der Waals surface area (Å²) in [5, 5.41) is 10.5. The molecule has 162 valence electrons. The molecule has 8 nitrogen and oxygen atoms in total. The molecule has 1 unspecified atom stereocenters. The van der Waals surface area contributed by atoms with Crippen LogP contribution in [-0.2, 0) is 19.6 Å². The fourth-order valence-corrected chi connectivity index (χ4v) is 3.90. The van der Waals surface area contributed by atoms with Crippen molar-refractivity contribution in [1.29, 1.82) is 0 Å². The summed E-state index contributed by atoms with van der Waals surface area (Å²) in [5.74, 6) is 0.303. The van der Waals surface area contributed by atoms with Gasteiger partial charge in [-0.05, 0) is 55.2 Å². The number of hydrogen-bond donors (Lipinski definition) is 3. The van der Waals surface area contributed by atoms with E-state index in [4.69, 9.17) is 9.88 Å². The molecular formula is C20H25N3O5S2. The smallest absolute Gasteiger partial charge is 0.258 e. The van der Waals surface area contributed by atoms with E-state index in [1.807, 2.05) is 12.3 Å². The third kappa shape index (κ3) is 7.36. The van der Waals surface area contributed by atoms with Gasteiger partial charge in [-0.25, -0.2) is 13.6 Å². The van der Waals surface area contributed by atoms with Crippen LogP contribution in [0.25, 0.3) is 0 Å². The van der Waals surface area contributed by atoms with Gasteiger partial charge in [0.25, 0.3) is 5.91 Å². The molecule has 0 fully saturated rings. The normalized spacial score (nSPS) is 12.1. The lowest BCUT2D eigenvalue weighted by Gasteiger charge is -2.19. The van der Waals surface area contributed by atoms with Crippen LogP contribution in [-0.4, -0.2) is 44.9 Å². The van der Waals surface area contributed by atoms with Crippen LogP contribution in [0.4, 0.5) is 5.69 Å². The zero-order valence-electron chi connectivity index (χ0n) is 16.8. The molecule has 30 heavy (non-hydrogen) atoms. The summed E-state index contributed by atoms with van der Waals surface area (Å²) in [7, 11) is -3.92. The Morgan fingerprint density at radius 1 is 1.17 bits per heavy atom. The molecule has 0 heterocycles. The van der Waals surface area contributed by atoms with Gasteiger partial charge in [-0.2, -0.15) is 11.8 Å². The number of sulfonamides is 1. The number of thioether (sulfide) groups is 1. The first-order chi connectivity index (χ1) is 14.2. The number of nitrogens with one attached hydrogen (secondary N) is 2. The summed E-state index contributed by atoms with van der Waals surface area (Å²) in [6, 6.07) is 12.5. The topological polar surface area (TPSA) is 128 Å². The van der Waals surface area contributed by atoms with E-state index in [2.05, 4.69) is 10.6 Å². The highest BCUT2D eigenvalue weighted by Crippen LogP contribution is 2.19. The van der Waals surface area contributed by atoms with Crippen molar-refractivity contribution in [3.63, 3.8) is 0 Å². The predicted molar refractivity (Wildman–Crippen MR) is 118 cm³/mol. The first kappa shape index (κ1) is 23.7. The number of nitrogens with two attached hydrogens (primary N) is 1. The van der Waals surface area contributed by atoms with Gasteiger partial charge in [0.1, 0.15) is 11.8 Å². The van der Waals surface area contributed by atoms with Crippen LogP contribution in [0.5, 0.6) is 5.75 Å². The van der Waals surface area contributed by atoms with Crippen LogP contribution in [0.2, 0.25) is 0 Å². The molecule has 10 heteroatoms. The SMILES string of the molecule is CSCCC(NC(=O)COc1ccccc1)C(=O)Nc1ccc(C)c(S(N)(=O)=O)c1. The highest BCUT2D eigenvalue weighted by atomic mass is 32.2. The zero-order valence-corrected chi connectivity index (χ0v) is 18.4. The van der Waals surface area contributed by atoms with Gasteiger partial charge in [0.05, 0.1) is 4.90 Å². The summed E-state index contributed by atoms with van der Waals surface area (Å²) in [5.41, 5.74) is 0.749. The molecule has 2 rings (SSSR count). The van der Waals surface area contributed by atoms with Crippen molar-refractivity contribution >= 4 is 39.3 Å². The van der Waals surface area contributed by atoms with Gasteiger partial charge < -0.3 is 15.4 Å². The standard InChI is InChI=1S/C20H25N3O5S2/c1-14-8-9-15(12-18(14)30(21,26)27)22-20(25)17(10-11-29-2)23-19(24)13-28-16-6-4-3-5-7-16/h3-9,12,17H,10-11,13H2,1-2H3,(H,22,25)(H,23,24)(H2,21,26,27). The quantitative estimate of drug-likeness (QED) is 0.506. The molecule has 1 atom stereocenters. The fraction of sp³-hybridized carbons (Fsp3) is 0.300. The van der Waals surface area contributed by atoms with Crippen LogP contribution >= 0.6 is 11.8 Å². The van der Waals surface area contributed by atoms with Crippen LogP contribution in [0.3, 0.4) is 0 Å². The van der Waals surface area contributed by atoms with Gasteiger partial charge in [-0.3, -0.25) is 9.59 Å². The second kappa shape index (κ2) is 11.0. The number of primary sulfonamides is 1. The van der Waals surface area contributed by atoms with Gasteiger partial charge >= 0.3 is 0 Å². The lowest BCUT2D eigenvalue weighted by Crippen LogP contribution is -2.45. The number of ether oxygens (including phenoxy) is 1. The Kier molecular flexibility index (Phi) is 8.70. The van der Waals surface area contributed by atoms with Crippen LogP contribution in [0.15, 0.2) is 53.4 Å². The number of rotatable bonds is 10. The van der Waals surface area contributed by atoms with E-state index in [0.717, 1.165) is 0 Å². The first-order valence-electron chi connectivity index (χ1n) is 9.11. The average Bonchev–Trinajstić information content (AvgIpc) is 2.70. The van der Waals surface area contributed by atoms with Gasteiger partial charge in [0, 0.05) is 5.69 Å². The molecule has 0 saturated carbocycles. The highest BCUT2D eigenvalue weighted by molar-refractivity contribution is 7.98. The Morgan fingerprint density at radius 2 is 1.87 bits per heavy atom. The maximum absolute atomic E-state index is 12.7. The number of anilines is 1. The van der Waals surface area contributed by atoms with Crippen molar-refractivity contribution in [3.8, 4) is 5.75 Å². The van der Waals surface area contributed by atoms with Gasteiger partial charge in [0.2, 0.25) is 15.9 Å². The molecule has 0 aliphatic carbocycles. The second-order valence-electron chi connectivity index (χ2n) is 6.52. The van der Waals surface area contributed by atoms with E-state index in [9.17, 15) is 18.0 Å². The minimum Gasteiger partial charge on any atom is -0.484 e. The molecule has 0 spiro atoms. The first-order valence-corrected chi connectivity index (χ1v) is 12.0. The number of benzene rings is 2. The van der Waals surface area contributed by atoms with Crippen molar-refractivity contribution in [2.45, 2.75) is 24.3 Å². The Morgan fingerprint density at radius 3 is 2.50 bits per heavy atom. The van der Waals surface area contributed by atoms with E-state index in [-0.39, 0.29) is 17.2 Å². The number of aryl methyl sites for hydroxylation is 1. The molecule has 0 aliphatic heterocycles. The minimum atomic E-state index is -3.92. The minimum absolute atomic E-state index is 0.0683. The lowest BCUT2D eigenvalue weighted by molar-refractivity contribution is -0.127. The Hall–Kier alpha value is -2.56. The Labute approximate surface area is 180 Å². The molecular weight excluding hydrogens is 426 g/mol. The van der Waals surface area contributed by atoms with Gasteiger partial charge in [0.15, 0.2) is 6.61 Å².